The first-order valence-corrected chi connectivity index (χ1v) is 7.69. The lowest BCUT2D eigenvalue weighted by Gasteiger charge is -2.06. The minimum absolute atomic E-state index is 0.155. The van der Waals surface area contributed by atoms with E-state index >= 15 is 0 Å². The van der Waals surface area contributed by atoms with E-state index in [1.54, 1.807) is 30.3 Å². The summed E-state index contributed by atoms with van der Waals surface area (Å²) < 4.78 is 1.05. The zero-order chi connectivity index (χ0) is 16.1. The highest BCUT2D eigenvalue weighted by Gasteiger charge is 2.21. The molecule has 2 rings (SSSR count). The van der Waals surface area contributed by atoms with Gasteiger partial charge in [-0.3, -0.25) is 4.79 Å². The molecule has 2 aromatic rings. The summed E-state index contributed by atoms with van der Waals surface area (Å²) in [7, 11) is 0. The van der Waals surface area contributed by atoms with Crippen molar-refractivity contribution in [2.75, 3.05) is 5.32 Å². The van der Waals surface area contributed by atoms with Crippen LogP contribution in [0.5, 0.6) is 0 Å². The molecule has 0 atom stereocenters. The number of ketones is 1. The van der Waals surface area contributed by atoms with E-state index in [0.717, 1.165) is 3.57 Å². The van der Waals surface area contributed by atoms with Crippen molar-refractivity contribution in [2.45, 2.75) is 0 Å². The Balaban J connectivity index is 2.28. The molecule has 2 aromatic carbocycles. The summed E-state index contributed by atoms with van der Waals surface area (Å²) in [6.07, 6.45) is 1.18. The average Bonchev–Trinajstić information content (AvgIpc) is 2.49. The maximum atomic E-state index is 12.3. The Morgan fingerprint density at radius 3 is 2.32 bits per heavy atom. The quantitative estimate of drug-likeness (QED) is 0.247. The molecule has 4 nitrogen and oxygen atoms in total. The predicted octanol–water partition coefficient (Wildman–Crippen LogP) is 4.21. The van der Waals surface area contributed by atoms with Crippen LogP contribution in [-0.4, -0.2) is 16.9 Å². The number of nitrogens with one attached hydrogen (secondary N) is 1. The van der Waals surface area contributed by atoms with Gasteiger partial charge < -0.3 is 10.4 Å². The molecule has 2 N–H and O–H groups in total. The van der Waals surface area contributed by atoms with E-state index in [2.05, 4.69) is 27.9 Å². The molecule has 0 saturated heterocycles. The zero-order valence-electron chi connectivity index (χ0n) is 11.2. The van der Waals surface area contributed by atoms with Gasteiger partial charge in [-0.25, -0.2) is 4.79 Å². The third kappa shape index (κ3) is 4.08. The summed E-state index contributed by atoms with van der Waals surface area (Å²) in [5, 5.41) is 12.3. The Kier molecular flexibility index (Phi) is 5.57. The molecule has 0 aliphatic carbocycles. The number of Topliss-reactive ketones (excluding diaryl/α,β-unsaturated/α-hetero) is 1. The number of benzene rings is 2. The minimum atomic E-state index is -1.32. The number of carbonyl (C=O) groups excluding carboxylic acids is 1. The first-order chi connectivity index (χ1) is 10.5. The first kappa shape index (κ1) is 16.5. The number of aliphatic carboxylic acids is 1. The molecule has 0 fully saturated rings. The van der Waals surface area contributed by atoms with Gasteiger partial charge in [0.25, 0.3) is 0 Å². The smallest absolute Gasteiger partial charge is 0.341 e. The van der Waals surface area contributed by atoms with Gasteiger partial charge in [0, 0.05) is 21.0 Å². The van der Waals surface area contributed by atoms with Gasteiger partial charge in [0.15, 0.2) is 0 Å². The Bertz CT molecular complexity index is 741. The van der Waals surface area contributed by atoms with E-state index in [1.165, 1.54) is 12.3 Å². The van der Waals surface area contributed by atoms with Crippen molar-refractivity contribution in [2.24, 2.45) is 0 Å². The Morgan fingerprint density at radius 1 is 1.09 bits per heavy atom. The molecule has 0 amide bonds. The Hall–Kier alpha value is -1.86. The van der Waals surface area contributed by atoms with E-state index < -0.39 is 11.8 Å². The minimum Gasteiger partial charge on any atom is -0.477 e. The molecule has 0 aliphatic rings. The molecule has 0 aliphatic heterocycles. The lowest BCUT2D eigenvalue weighted by Crippen LogP contribution is -2.14. The van der Waals surface area contributed by atoms with Crippen LogP contribution in [0.3, 0.4) is 0 Å². The second kappa shape index (κ2) is 7.42. The standard InChI is InChI=1S/C16H11ClINO3/c17-14-4-2-1-3-12(14)15(20)13(16(21)22)9-19-11-7-5-10(18)6-8-11/h1-9,19H,(H,21,22). The highest BCUT2D eigenvalue weighted by atomic mass is 127. The SMILES string of the molecule is O=C(O)C(=CNc1ccc(I)cc1)C(=O)c1ccccc1Cl. The van der Waals surface area contributed by atoms with Crippen LogP contribution in [-0.2, 0) is 4.79 Å². The fraction of sp³-hybridized carbons (Fsp3) is 0. The number of carboxylic acid groups (broad SMARTS) is 1. The van der Waals surface area contributed by atoms with Crippen LogP contribution in [0.15, 0.2) is 60.3 Å². The van der Waals surface area contributed by atoms with Crippen LogP contribution in [0.25, 0.3) is 0 Å². The normalized spacial score (nSPS) is 11.1. The highest BCUT2D eigenvalue weighted by molar-refractivity contribution is 14.1. The summed E-state index contributed by atoms with van der Waals surface area (Å²) in [5.41, 5.74) is 0.458. The van der Waals surface area contributed by atoms with Crippen molar-refractivity contribution in [3.63, 3.8) is 0 Å². The van der Waals surface area contributed by atoms with E-state index in [4.69, 9.17) is 11.6 Å². The van der Waals surface area contributed by atoms with Gasteiger partial charge in [-0.15, -0.1) is 0 Å². The van der Waals surface area contributed by atoms with E-state index in [0.29, 0.717) is 5.69 Å². The lowest BCUT2D eigenvalue weighted by atomic mass is 10.0. The van der Waals surface area contributed by atoms with Crippen LogP contribution in [0.1, 0.15) is 10.4 Å². The Labute approximate surface area is 145 Å². The van der Waals surface area contributed by atoms with Crippen LogP contribution < -0.4 is 5.32 Å². The second-order valence-corrected chi connectivity index (χ2v) is 5.98. The third-order valence-corrected chi connectivity index (χ3v) is 3.87. The van der Waals surface area contributed by atoms with Gasteiger partial charge in [-0.1, -0.05) is 23.7 Å². The molecule has 0 bridgehead atoms. The maximum absolute atomic E-state index is 12.3. The number of carbonyl (C=O) groups is 2. The van der Waals surface area contributed by atoms with Crippen molar-refractivity contribution in [3.8, 4) is 0 Å². The van der Waals surface area contributed by atoms with E-state index in [-0.39, 0.29) is 16.2 Å². The zero-order valence-corrected chi connectivity index (χ0v) is 14.1. The van der Waals surface area contributed by atoms with E-state index in [9.17, 15) is 14.7 Å². The fourth-order valence-electron chi connectivity index (χ4n) is 1.72. The summed E-state index contributed by atoms with van der Waals surface area (Å²) in [6.45, 7) is 0. The molecule has 0 aromatic heterocycles. The topological polar surface area (TPSA) is 66.4 Å². The molecular formula is C16H11ClINO3. The van der Waals surface area contributed by atoms with Crippen molar-refractivity contribution in [1.29, 1.82) is 0 Å². The molecule has 112 valence electrons. The highest BCUT2D eigenvalue weighted by Crippen LogP contribution is 2.19. The lowest BCUT2D eigenvalue weighted by molar-refractivity contribution is -0.132. The molecule has 22 heavy (non-hydrogen) atoms. The maximum Gasteiger partial charge on any atom is 0.341 e. The molecule has 0 spiro atoms. The van der Waals surface area contributed by atoms with Crippen molar-refractivity contribution in [3.05, 3.63) is 74.5 Å². The van der Waals surface area contributed by atoms with Gasteiger partial charge in [0.05, 0.1) is 5.02 Å². The number of rotatable bonds is 5. The summed E-state index contributed by atoms with van der Waals surface area (Å²) in [5.74, 6) is -1.96. The fourth-order valence-corrected chi connectivity index (χ4v) is 2.30. The predicted molar refractivity (Wildman–Crippen MR) is 94.3 cm³/mol. The Morgan fingerprint density at radius 2 is 1.73 bits per heavy atom. The number of hydrogen-bond acceptors (Lipinski definition) is 3. The summed E-state index contributed by atoms with van der Waals surface area (Å²) in [6, 6.07) is 13.7. The molecule has 0 radical (unpaired) electrons. The van der Waals surface area contributed by atoms with Crippen LogP contribution in [0, 0.1) is 3.57 Å². The van der Waals surface area contributed by atoms with Crippen LogP contribution in [0.2, 0.25) is 5.02 Å². The summed E-state index contributed by atoms with van der Waals surface area (Å²) >= 11 is 8.10. The molecular weight excluding hydrogens is 417 g/mol. The van der Waals surface area contributed by atoms with Gasteiger partial charge in [0.1, 0.15) is 5.57 Å². The monoisotopic (exact) mass is 427 g/mol. The largest absolute Gasteiger partial charge is 0.477 e. The molecule has 0 unspecified atom stereocenters. The number of carboxylic acids is 1. The summed E-state index contributed by atoms with van der Waals surface area (Å²) in [4.78, 5) is 23.6. The van der Waals surface area contributed by atoms with E-state index in [1.807, 2.05) is 12.1 Å². The van der Waals surface area contributed by atoms with Gasteiger partial charge in [-0.2, -0.15) is 0 Å². The van der Waals surface area contributed by atoms with Crippen LogP contribution >= 0.6 is 34.2 Å². The van der Waals surface area contributed by atoms with Crippen molar-refractivity contribution in [1.82, 2.24) is 0 Å². The number of halogens is 2. The number of hydrogen-bond donors (Lipinski definition) is 2. The van der Waals surface area contributed by atoms with Gasteiger partial charge in [0.2, 0.25) is 5.78 Å². The molecule has 6 heteroatoms. The third-order valence-electron chi connectivity index (χ3n) is 2.82. The first-order valence-electron chi connectivity index (χ1n) is 6.24. The molecule has 0 heterocycles. The average molecular weight is 428 g/mol. The van der Waals surface area contributed by atoms with Crippen molar-refractivity contribution < 1.29 is 14.7 Å². The van der Waals surface area contributed by atoms with Crippen LogP contribution in [0.4, 0.5) is 5.69 Å². The second-order valence-electron chi connectivity index (χ2n) is 4.32. The van der Waals surface area contributed by atoms with Gasteiger partial charge in [-0.05, 0) is 59.0 Å². The van der Waals surface area contributed by atoms with Crippen molar-refractivity contribution >= 4 is 51.6 Å². The van der Waals surface area contributed by atoms with Gasteiger partial charge >= 0.3 is 5.97 Å². The number of anilines is 1. The molecule has 0 saturated carbocycles.